The summed E-state index contributed by atoms with van der Waals surface area (Å²) in [6.07, 6.45) is 0.822. The summed E-state index contributed by atoms with van der Waals surface area (Å²) in [6.45, 7) is 0. The van der Waals surface area contributed by atoms with E-state index in [0.717, 1.165) is 11.1 Å². The highest BCUT2D eigenvalue weighted by atomic mass is 32.2. The molecule has 8 nitrogen and oxygen atoms in total. The summed E-state index contributed by atoms with van der Waals surface area (Å²) >= 11 is 0. The van der Waals surface area contributed by atoms with Crippen molar-refractivity contribution < 1.29 is 28.2 Å². The smallest absolute Gasteiger partial charge is 0.304 e. The molecule has 0 saturated heterocycles. The molecule has 0 heterocycles. The van der Waals surface area contributed by atoms with Gasteiger partial charge in [0.25, 0.3) is 0 Å². The molecular weight excluding hydrogens is 508 g/mol. The van der Waals surface area contributed by atoms with Crippen LogP contribution in [0, 0.1) is 0 Å². The largest absolute Gasteiger partial charge is 0.481 e. The lowest BCUT2D eigenvalue weighted by Gasteiger charge is -2.08. The van der Waals surface area contributed by atoms with E-state index in [1.807, 2.05) is 60.7 Å². The van der Waals surface area contributed by atoms with Gasteiger partial charge in [-0.1, -0.05) is 60.7 Å². The first-order valence-electron chi connectivity index (χ1n) is 10.9. The van der Waals surface area contributed by atoms with Gasteiger partial charge in [0.1, 0.15) is 0 Å². The molecule has 0 amide bonds. The fraction of sp³-hybridized carbons (Fsp3) is 0.417. The number of aliphatic carboxylic acids is 2. The van der Waals surface area contributed by atoms with Gasteiger partial charge in [-0.25, -0.2) is 0 Å². The maximum atomic E-state index is 11.7. The van der Waals surface area contributed by atoms with Crippen LogP contribution >= 0.6 is 13.5 Å². The maximum Gasteiger partial charge on any atom is 0.304 e. The van der Waals surface area contributed by atoms with Crippen LogP contribution in [-0.4, -0.2) is 54.2 Å². The van der Waals surface area contributed by atoms with Crippen LogP contribution < -0.4 is 11.5 Å². The van der Waals surface area contributed by atoms with E-state index in [-0.39, 0.29) is 26.3 Å². The normalized spacial score (nSPS) is 13.8. The number of hydrogen-bond acceptors (Lipinski definition) is 6. The van der Waals surface area contributed by atoms with Gasteiger partial charge in [0, 0.05) is 56.7 Å². The highest BCUT2D eigenvalue weighted by Gasteiger charge is 2.11. The number of carboxylic acids is 2. The summed E-state index contributed by atoms with van der Waals surface area (Å²) in [7, 11) is -1.96. The van der Waals surface area contributed by atoms with Gasteiger partial charge in [-0.2, -0.15) is 13.5 Å². The lowest BCUT2D eigenvalue weighted by atomic mass is 10.2. The molecule has 2 rings (SSSR count). The van der Waals surface area contributed by atoms with E-state index in [1.54, 1.807) is 0 Å². The Kier molecular flexibility index (Phi) is 18.1. The van der Waals surface area contributed by atoms with E-state index >= 15 is 0 Å². The Labute approximate surface area is 218 Å². The number of rotatable bonds is 14. The molecule has 0 radical (unpaired) electrons. The Hall–Kier alpha value is -2.05. The third kappa shape index (κ3) is 18.0. The lowest BCUT2D eigenvalue weighted by Crippen LogP contribution is -2.25. The zero-order valence-corrected chi connectivity index (χ0v) is 22.2. The standard InChI is InChI=1S/2C12H17NO3S.H2S/c2*13-11(8-12(14)15)6-7-17(16)9-10-4-2-1-3-5-10;/h2*1-5,11H,6-9,13H2,(H,14,15);1H2. The van der Waals surface area contributed by atoms with Crippen LogP contribution in [0.3, 0.4) is 0 Å². The Balaban J connectivity index is 0.000000642. The molecule has 0 spiro atoms. The Morgan fingerprint density at radius 1 is 0.686 bits per heavy atom. The zero-order chi connectivity index (χ0) is 25.3. The molecule has 4 unspecified atom stereocenters. The van der Waals surface area contributed by atoms with Crippen LogP contribution in [0.15, 0.2) is 60.7 Å². The number of benzene rings is 2. The van der Waals surface area contributed by atoms with Gasteiger partial charge < -0.3 is 21.7 Å². The van der Waals surface area contributed by atoms with Crippen molar-refractivity contribution in [2.24, 2.45) is 11.5 Å². The van der Waals surface area contributed by atoms with E-state index < -0.39 is 45.6 Å². The van der Waals surface area contributed by atoms with Crippen molar-refractivity contribution in [1.82, 2.24) is 0 Å². The van der Waals surface area contributed by atoms with E-state index in [1.165, 1.54) is 0 Å². The average Bonchev–Trinajstić information content (AvgIpc) is 2.77. The van der Waals surface area contributed by atoms with Crippen molar-refractivity contribution in [3.63, 3.8) is 0 Å². The molecule has 0 aliphatic rings. The molecule has 0 fully saturated rings. The summed E-state index contributed by atoms with van der Waals surface area (Å²) in [4.78, 5) is 20.8. The fourth-order valence-electron chi connectivity index (χ4n) is 2.88. The van der Waals surface area contributed by atoms with Crippen molar-refractivity contribution in [2.75, 3.05) is 11.5 Å². The average molecular weight is 545 g/mol. The molecule has 0 aromatic heterocycles. The highest BCUT2D eigenvalue weighted by Crippen LogP contribution is 2.06. The van der Waals surface area contributed by atoms with Crippen LogP contribution in [0.5, 0.6) is 0 Å². The second-order valence-corrected chi connectivity index (χ2v) is 11.0. The molecule has 35 heavy (non-hydrogen) atoms. The first-order chi connectivity index (χ1) is 16.2. The van der Waals surface area contributed by atoms with E-state index in [9.17, 15) is 18.0 Å². The molecular formula is C24H36N2O6S3. The predicted molar refractivity (Wildman–Crippen MR) is 146 cm³/mol. The zero-order valence-electron chi connectivity index (χ0n) is 19.6. The van der Waals surface area contributed by atoms with Gasteiger partial charge in [0.15, 0.2) is 0 Å². The number of nitrogens with two attached hydrogens (primary N) is 2. The minimum absolute atomic E-state index is 0. The van der Waals surface area contributed by atoms with Gasteiger partial charge in [0.2, 0.25) is 0 Å². The monoisotopic (exact) mass is 544 g/mol. The van der Waals surface area contributed by atoms with E-state index in [4.69, 9.17) is 21.7 Å². The van der Waals surface area contributed by atoms with Crippen molar-refractivity contribution in [1.29, 1.82) is 0 Å². The number of carbonyl (C=O) groups is 2. The topological polar surface area (TPSA) is 161 Å². The quantitative estimate of drug-likeness (QED) is 0.282. The van der Waals surface area contributed by atoms with Crippen molar-refractivity contribution in [3.05, 3.63) is 71.8 Å². The minimum Gasteiger partial charge on any atom is -0.481 e. The molecule has 0 saturated carbocycles. The molecule has 0 aliphatic heterocycles. The minimum atomic E-state index is -0.979. The lowest BCUT2D eigenvalue weighted by molar-refractivity contribution is -0.138. The van der Waals surface area contributed by atoms with Gasteiger partial charge in [0.05, 0.1) is 12.8 Å². The van der Waals surface area contributed by atoms with E-state index in [0.29, 0.717) is 35.9 Å². The summed E-state index contributed by atoms with van der Waals surface area (Å²) in [5.41, 5.74) is 13.3. The summed E-state index contributed by atoms with van der Waals surface area (Å²) in [5.74, 6) is 0.0752. The van der Waals surface area contributed by atoms with Gasteiger partial charge >= 0.3 is 11.9 Å². The molecule has 4 atom stereocenters. The van der Waals surface area contributed by atoms with Crippen LogP contribution in [0.1, 0.15) is 36.8 Å². The Morgan fingerprint density at radius 2 is 1.00 bits per heavy atom. The summed E-state index contributed by atoms with van der Waals surface area (Å²) in [5, 5.41) is 17.1. The van der Waals surface area contributed by atoms with Gasteiger partial charge in [-0.3, -0.25) is 18.0 Å². The molecule has 196 valence electrons. The van der Waals surface area contributed by atoms with Gasteiger partial charge in [-0.05, 0) is 24.0 Å². The number of carboxylic acid groups (broad SMARTS) is 2. The SMILES string of the molecule is NC(CCS(=O)Cc1ccccc1)CC(=O)O.NC(CCS(=O)Cc1ccccc1)CC(=O)O.S. The van der Waals surface area contributed by atoms with Crippen LogP contribution in [0.2, 0.25) is 0 Å². The first-order valence-corrected chi connectivity index (χ1v) is 13.9. The second kappa shape index (κ2) is 19.2. The molecule has 11 heteroatoms. The Morgan fingerprint density at radius 3 is 1.29 bits per heavy atom. The van der Waals surface area contributed by atoms with Crippen LogP contribution in [0.4, 0.5) is 0 Å². The third-order valence-electron chi connectivity index (χ3n) is 4.65. The molecule has 0 aliphatic carbocycles. The Bertz CT molecular complexity index is 840. The summed E-state index contributed by atoms with van der Waals surface area (Å²) in [6, 6.07) is 18.3. The van der Waals surface area contributed by atoms with Crippen molar-refractivity contribution in [3.8, 4) is 0 Å². The molecule has 0 bridgehead atoms. The highest BCUT2D eigenvalue weighted by molar-refractivity contribution is 7.84. The third-order valence-corrected chi connectivity index (χ3v) is 7.34. The predicted octanol–water partition coefficient (Wildman–Crippen LogP) is 2.37. The van der Waals surface area contributed by atoms with Crippen LogP contribution in [-0.2, 0) is 42.7 Å². The molecule has 2 aromatic rings. The fourth-order valence-corrected chi connectivity index (χ4v) is 5.43. The maximum absolute atomic E-state index is 11.7. The van der Waals surface area contributed by atoms with Gasteiger partial charge in [-0.15, -0.1) is 0 Å². The summed E-state index contributed by atoms with van der Waals surface area (Å²) < 4.78 is 23.4. The van der Waals surface area contributed by atoms with Crippen LogP contribution in [0.25, 0.3) is 0 Å². The molecule has 6 N–H and O–H groups in total. The second-order valence-electron chi connectivity index (χ2n) is 7.84. The number of hydrogen-bond donors (Lipinski definition) is 4. The van der Waals surface area contributed by atoms with Crippen molar-refractivity contribution in [2.45, 2.75) is 49.3 Å². The molecule has 2 aromatic carbocycles. The van der Waals surface area contributed by atoms with E-state index in [2.05, 4.69) is 0 Å². The van der Waals surface area contributed by atoms with Crippen molar-refractivity contribution >= 4 is 47.0 Å². The first kappa shape index (κ1) is 33.0.